The molecule has 72 heavy (non-hydrogen) atoms. The normalized spacial score (nSPS) is 13.3. The molecule has 0 aliphatic carbocycles. The number of carbonyl (C=O) groups is 1. The number of nitrogens with one attached hydrogen (secondary N) is 1. The molecule has 0 fully saturated rings. The molecule has 2 atom stereocenters. The molecule has 4 heteroatoms. The Labute approximate surface area is 450 Å². The van der Waals surface area contributed by atoms with E-state index in [4.69, 9.17) is 0 Å². The molecule has 0 radical (unpaired) electrons. The molecule has 0 heterocycles. The van der Waals surface area contributed by atoms with Crippen LogP contribution in [0.1, 0.15) is 322 Å². The number of allylic oxidation sites excluding steroid dienone is 13. The number of hydrogen-bond acceptors (Lipinski definition) is 3. The zero-order valence-electron chi connectivity index (χ0n) is 48.2. The zero-order chi connectivity index (χ0) is 52.0. The summed E-state index contributed by atoms with van der Waals surface area (Å²) in [5.41, 5.74) is 0. The maximum Gasteiger partial charge on any atom is 0.220 e. The van der Waals surface area contributed by atoms with Crippen LogP contribution in [0.4, 0.5) is 0 Å². The monoisotopic (exact) mass is 1000 g/mol. The summed E-state index contributed by atoms with van der Waals surface area (Å²) in [6.45, 7) is 4.22. The van der Waals surface area contributed by atoms with Crippen molar-refractivity contribution in [2.75, 3.05) is 6.61 Å². The molecule has 0 aromatic rings. The first-order valence-electron chi connectivity index (χ1n) is 31.8. The highest BCUT2D eigenvalue weighted by Crippen LogP contribution is 2.18. The highest BCUT2D eigenvalue weighted by Gasteiger charge is 2.18. The van der Waals surface area contributed by atoms with Crippen LogP contribution in [0.25, 0.3) is 0 Å². The SMILES string of the molecule is CC/C=C\C/C=C\C/C=C\C/C=C\C/C=C\C/C=C\CCCCCCCCCCC(=O)NC(CO)C(O)/C=C/CCCCCCCCCCCCCCCCCCCCCCCCCCCCCCCCC. The minimum Gasteiger partial charge on any atom is -0.394 e. The second-order valence-electron chi connectivity index (χ2n) is 21.5. The van der Waals surface area contributed by atoms with Gasteiger partial charge in [-0.15, -0.1) is 0 Å². The number of carbonyl (C=O) groups excluding carboxylic acids is 1. The molecule has 2 unspecified atom stereocenters. The Morgan fingerprint density at radius 3 is 0.917 bits per heavy atom. The van der Waals surface area contributed by atoms with Crippen LogP contribution in [0.15, 0.2) is 85.1 Å². The van der Waals surface area contributed by atoms with Crippen LogP contribution in [-0.4, -0.2) is 34.9 Å². The lowest BCUT2D eigenvalue weighted by Gasteiger charge is -2.20. The summed E-state index contributed by atoms with van der Waals surface area (Å²) < 4.78 is 0. The molecule has 0 aliphatic heterocycles. The Balaban J connectivity index is 3.50. The molecule has 0 saturated carbocycles. The number of unbranched alkanes of at least 4 members (excludes halogenated alkanes) is 39. The largest absolute Gasteiger partial charge is 0.394 e. The van der Waals surface area contributed by atoms with Gasteiger partial charge in [0.05, 0.1) is 18.8 Å². The second-order valence-corrected chi connectivity index (χ2v) is 21.5. The van der Waals surface area contributed by atoms with Gasteiger partial charge in [-0.05, 0) is 70.6 Å². The van der Waals surface area contributed by atoms with Crippen molar-refractivity contribution in [2.24, 2.45) is 0 Å². The molecule has 0 rings (SSSR count). The van der Waals surface area contributed by atoms with Crippen molar-refractivity contribution in [3.8, 4) is 0 Å². The quantitative estimate of drug-likeness (QED) is 0.0420. The second kappa shape index (κ2) is 62.9. The standard InChI is InChI=1S/C68H123NO3/c1-3-5-7-9-11-13-15-17-19-21-23-25-27-29-31-32-33-34-35-36-38-39-41-43-45-47-49-51-53-55-57-59-61-63-67(71)66(65-70)69-68(72)64-62-60-58-56-54-52-50-48-46-44-42-40-37-30-28-26-24-22-20-18-16-14-12-10-8-6-4-2/h6,8,12,14,18,20,24,26,30,37,42,44,61,63,66-67,70-71H,3-5,7,9-11,13,15-17,19,21-23,25,27-29,31-36,38-41,43,45-60,62,64-65H2,1-2H3,(H,69,72)/b8-6-,14-12-,20-18-,26-24-,37-30-,44-42-,63-61+. The number of aliphatic hydroxyl groups excluding tert-OH is 2. The van der Waals surface area contributed by atoms with Gasteiger partial charge in [0.1, 0.15) is 0 Å². The Morgan fingerprint density at radius 2 is 0.611 bits per heavy atom. The molecular weight excluding hydrogens is 879 g/mol. The van der Waals surface area contributed by atoms with Crippen molar-refractivity contribution in [1.29, 1.82) is 0 Å². The van der Waals surface area contributed by atoms with Gasteiger partial charge in [0.25, 0.3) is 0 Å². The van der Waals surface area contributed by atoms with Crippen molar-refractivity contribution in [1.82, 2.24) is 5.32 Å². The number of amides is 1. The molecular formula is C68H123NO3. The molecule has 0 spiro atoms. The number of hydrogen-bond donors (Lipinski definition) is 3. The highest BCUT2D eigenvalue weighted by molar-refractivity contribution is 5.76. The summed E-state index contributed by atoms with van der Waals surface area (Å²) in [5.74, 6) is -0.0722. The third-order valence-corrected chi connectivity index (χ3v) is 14.4. The first-order chi connectivity index (χ1) is 35.7. The fourth-order valence-electron chi connectivity index (χ4n) is 9.60. The topological polar surface area (TPSA) is 69.6 Å². The van der Waals surface area contributed by atoms with Crippen LogP contribution in [-0.2, 0) is 4.79 Å². The van der Waals surface area contributed by atoms with Crippen molar-refractivity contribution < 1.29 is 15.0 Å². The highest BCUT2D eigenvalue weighted by atomic mass is 16.3. The molecule has 4 nitrogen and oxygen atoms in total. The van der Waals surface area contributed by atoms with Crippen molar-refractivity contribution in [2.45, 2.75) is 334 Å². The third-order valence-electron chi connectivity index (χ3n) is 14.4. The minimum absolute atomic E-state index is 0.0722. The lowest BCUT2D eigenvalue weighted by molar-refractivity contribution is -0.123. The van der Waals surface area contributed by atoms with Crippen molar-refractivity contribution >= 4 is 5.91 Å². The fourth-order valence-corrected chi connectivity index (χ4v) is 9.60. The molecule has 0 aromatic carbocycles. The van der Waals surface area contributed by atoms with Crippen molar-refractivity contribution in [3.05, 3.63) is 85.1 Å². The smallest absolute Gasteiger partial charge is 0.220 e. The lowest BCUT2D eigenvalue weighted by atomic mass is 10.0. The van der Waals surface area contributed by atoms with Crippen LogP contribution < -0.4 is 5.32 Å². The van der Waals surface area contributed by atoms with Crippen LogP contribution in [0, 0.1) is 0 Å². The van der Waals surface area contributed by atoms with Gasteiger partial charge in [0, 0.05) is 6.42 Å². The summed E-state index contributed by atoms with van der Waals surface area (Å²) in [6.07, 6.45) is 92.1. The molecule has 1 amide bonds. The van der Waals surface area contributed by atoms with E-state index in [0.717, 1.165) is 70.6 Å². The Hall–Kier alpha value is -2.43. The van der Waals surface area contributed by atoms with Crippen LogP contribution >= 0.6 is 0 Å². The zero-order valence-corrected chi connectivity index (χ0v) is 48.2. The molecule has 0 bridgehead atoms. The summed E-state index contributed by atoms with van der Waals surface area (Å²) in [4.78, 5) is 12.5. The first kappa shape index (κ1) is 69.6. The Kier molecular flexibility index (Phi) is 60.7. The van der Waals surface area contributed by atoms with Gasteiger partial charge in [-0.3, -0.25) is 4.79 Å². The predicted octanol–water partition coefficient (Wildman–Crippen LogP) is 21.5. The summed E-state index contributed by atoms with van der Waals surface area (Å²) >= 11 is 0. The van der Waals surface area contributed by atoms with Gasteiger partial charge < -0.3 is 15.5 Å². The van der Waals surface area contributed by atoms with E-state index in [9.17, 15) is 15.0 Å². The van der Waals surface area contributed by atoms with Gasteiger partial charge in [0.2, 0.25) is 5.91 Å². The van der Waals surface area contributed by atoms with E-state index in [1.54, 1.807) is 6.08 Å². The molecule has 0 saturated heterocycles. The van der Waals surface area contributed by atoms with E-state index >= 15 is 0 Å². The van der Waals surface area contributed by atoms with E-state index in [1.807, 2.05) is 6.08 Å². The maximum absolute atomic E-state index is 12.5. The van der Waals surface area contributed by atoms with E-state index in [1.165, 1.54) is 231 Å². The number of rotatable bonds is 58. The van der Waals surface area contributed by atoms with Crippen molar-refractivity contribution in [3.63, 3.8) is 0 Å². The Bertz CT molecular complexity index is 1270. The molecule has 3 N–H and O–H groups in total. The van der Waals surface area contributed by atoms with Gasteiger partial charge in [-0.25, -0.2) is 0 Å². The fraction of sp³-hybridized carbons (Fsp3) is 0.779. The maximum atomic E-state index is 12.5. The van der Waals surface area contributed by atoms with E-state index in [-0.39, 0.29) is 12.5 Å². The molecule has 0 aliphatic rings. The Morgan fingerprint density at radius 1 is 0.347 bits per heavy atom. The average molecular weight is 1000 g/mol. The van der Waals surface area contributed by atoms with Crippen LogP contribution in [0.5, 0.6) is 0 Å². The summed E-state index contributed by atoms with van der Waals surface area (Å²) in [5, 5.41) is 23.2. The first-order valence-corrected chi connectivity index (χ1v) is 31.8. The average Bonchev–Trinajstić information content (AvgIpc) is 3.39. The predicted molar refractivity (Wildman–Crippen MR) is 322 cm³/mol. The number of aliphatic hydroxyl groups is 2. The van der Waals surface area contributed by atoms with Gasteiger partial charge in [-0.2, -0.15) is 0 Å². The van der Waals surface area contributed by atoms with E-state index < -0.39 is 12.1 Å². The van der Waals surface area contributed by atoms with E-state index in [0.29, 0.717) is 6.42 Å². The molecule has 0 aromatic heterocycles. The van der Waals surface area contributed by atoms with Crippen LogP contribution in [0.3, 0.4) is 0 Å². The van der Waals surface area contributed by atoms with Crippen LogP contribution in [0.2, 0.25) is 0 Å². The third kappa shape index (κ3) is 58.5. The van der Waals surface area contributed by atoms with Gasteiger partial charge in [-0.1, -0.05) is 330 Å². The summed E-state index contributed by atoms with van der Waals surface area (Å²) in [6, 6.07) is -0.634. The van der Waals surface area contributed by atoms with Gasteiger partial charge >= 0.3 is 0 Å². The molecule has 418 valence electrons. The minimum atomic E-state index is -0.850. The summed E-state index contributed by atoms with van der Waals surface area (Å²) in [7, 11) is 0. The van der Waals surface area contributed by atoms with E-state index in [2.05, 4.69) is 92.1 Å². The van der Waals surface area contributed by atoms with Gasteiger partial charge in [0.15, 0.2) is 0 Å². The lowest BCUT2D eigenvalue weighted by Crippen LogP contribution is -2.45.